The van der Waals surface area contributed by atoms with Gasteiger partial charge in [-0.1, -0.05) is 19.1 Å². The molecule has 0 spiro atoms. The highest BCUT2D eigenvalue weighted by Gasteiger charge is 2.32. The fourth-order valence-corrected chi connectivity index (χ4v) is 4.75. The minimum Gasteiger partial charge on any atom is -0.349 e. The van der Waals surface area contributed by atoms with E-state index >= 15 is 0 Å². The number of benzene rings is 1. The molecule has 140 valence electrons. The lowest BCUT2D eigenvalue weighted by molar-refractivity contribution is -0.895. The predicted molar refractivity (Wildman–Crippen MR) is 98.1 cm³/mol. The van der Waals surface area contributed by atoms with Crippen LogP contribution in [0.4, 0.5) is 0 Å². The second kappa shape index (κ2) is 8.29. The van der Waals surface area contributed by atoms with E-state index in [4.69, 9.17) is 0 Å². The summed E-state index contributed by atoms with van der Waals surface area (Å²) in [4.78, 5) is 13.5. The van der Waals surface area contributed by atoms with Gasteiger partial charge in [-0.3, -0.25) is 4.79 Å². The molecule has 0 radical (unpaired) electrons. The number of amides is 1. The van der Waals surface area contributed by atoms with Crippen molar-refractivity contribution in [3.8, 4) is 0 Å². The van der Waals surface area contributed by atoms with Crippen molar-refractivity contribution in [2.75, 3.05) is 32.7 Å². The molecule has 1 atom stereocenters. The summed E-state index contributed by atoms with van der Waals surface area (Å²) in [5.41, 5.74) is 1.71. The summed E-state index contributed by atoms with van der Waals surface area (Å²) >= 11 is 0. The summed E-state index contributed by atoms with van der Waals surface area (Å²) in [6.07, 6.45) is 0.906. The summed E-state index contributed by atoms with van der Waals surface area (Å²) in [7, 11) is -3.47. The van der Waals surface area contributed by atoms with Crippen molar-refractivity contribution >= 4 is 15.9 Å². The molecule has 0 aliphatic carbocycles. The number of aryl methyl sites for hydroxylation is 2. The molecule has 1 amide bonds. The van der Waals surface area contributed by atoms with Crippen LogP contribution in [0.3, 0.4) is 0 Å². The number of piperazine rings is 1. The van der Waals surface area contributed by atoms with Crippen molar-refractivity contribution in [3.05, 3.63) is 29.3 Å². The van der Waals surface area contributed by atoms with Crippen LogP contribution in [0.1, 0.15) is 31.4 Å². The quantitative estimate of drug-likeness (QED) is 0.749. The molecule has 0 unspecified atom stereocenters. The number of carbonyl (C=O) groups is 1. The van der Waals surface area contributed by atoms with Crippen molar-refractivity contribution < 1.29 is 18.1 Å². The molecule has 1 saturated heterocycles. The van der Waals surface area contributed by atoms with E-state index in [9.17, 15) is 13.2 Å². The van der Waals surface area contributed by atoms with Gasteiger partial charge >= 0.3 is 0 Å². The highest BCUT2D eigenvalue weighted by atomic mass is 32.2. The molecule has 1 aliphatic rings. The van der Waals surface area contributed by atoms with Gasteiger partial charge in [0.2, 0.25) is 10.0 Å². The van der Waals surface area contributed by atoms with Crippen LogP contribution in [0.2, 0.25) is 0 Å². The average Bonchev–Trinajstić information content (AvgIpc) is 2.57. The number of carbonyl (C=O) groups excluding carboxylic acids is 1. The van der Waals surface area contributed by atoms with Gasteiger partial charge in [0.15, 0.2) is 6.54 Å². The maximum absolute atomic E-state index is 12.9. The monoisotopic (exact) mass is 368 g/mol. The van der Waals surface area contributed by atoms with Crippen molar-refractivity contribution in [2.24, 2.45) is 0 Å². The van der Waals surface area contributed by atoms with E-state index in [1.54, 1.807) is 10.4 Å². The van der Waals surface area contributed by atoms with Gasteiger partial charge in [-0.15, -0.1) is 0 Å². The highest BCUT2D eigenvalue weighted by molar-refractivity contribution is 7.89. The number of hydrogen-bond donors (Lipinski definition) is 2. The van der Waals surface area contributed by atoms with E-state index in [2.05, 4.69) is 5.32 Å². The van der Waals surface area contributed by atoms with Gasteiger partial charge in [-0.2, -0.15) is 4.31 Å². The Hall–Kier alpha value is -1.44. The largest absolute Gasteiger partial charge is 0.349 e. The van der Waals surface area contributed by atoms with Crippen LogP contribution in [-0.4, -0.2) is 57.4 Å². The van der Waals surface area contributed by atoms with Gasteiger partial charge in [0.1, 0.15) is 0 Å². The molecule has 1 aromatic carbocycles. The van der Waals surface area contributed by atoms with Crippen molar-refractivity contribution in [3.63, 3.8) is 0 Å². The molecule has 2 rings (SSSR count). The van der Waals surface area contributed by atoms with Gasteiger partial charge < -0.3 is 10.2 Å². The minimum atomic E-state index is -3.47. The first-order valence-corrected chi connectivity index (χ1v) is 10.4. The molecule has 1 aromatic rings. The molecule has 25 heavy (non-hydrogen) atoms. The smallest absolute Gasteiger partial charge is 0.275 e. The third-order valence-corrected chi connectivity index (χ3v) is 6.86. The van der Waals surface area contributed by atoms with Crippen molar-refractivity contribution in [2.45, 2.75) is 45.1 Å². The third kappa shape index (κ3) is 5.03. The molecule has 1 aliphatic heterocycles. The Kier molecular flexibility index (Phi) is 6.59. The lowest BCUT2D eigenvalue weighted by atomic mass is 10.2. The maximum Gasteiger partial charge on any atom is 0.275 e. The van der Waals surface area contributed by atoms with Crippen molar-refractivity contribution in [1.29, 1.82) is 0 Å². The predicted octanol–water partition coefficient (Wildman–Crippen LogP) is 0.107. The zero-order valence-corrected chi connectivity index (χ0v) is 16.4. The van der Waals surface area contributed by atoms with Crippen LogP contribution in [0.25, 0.3) is 0 Å². The minimum absolute atomic E-state index is 0.0372. The Labute approximate surface area is 151 Å². The number of rotatable bonds is 6. The molecule has 7 heteroatoms. The summed E-state index contributed by atoms with van der Waals surface area (Å²) in [5.74, 6) is 0.0372. The fourth-order valence-electron chi connectivity index (χ4n) is 3.00. The lowest BCUT2D eigenvalue weighted by Crippen LogP contribution is -3.15. The normalized spacial score (nSPS) is 18.1. The first-order chi connectivity index (χ1) is 11.7. The molecule has 0 bridgehead atoms. The number of hydrogen-bond acceptors (Lipinski definition) is 3. The molecule has 1 heterocycles. The van der Waals surface area contributed by atoms with E-state index in [1.807, 2.05) is 39.8 Å². The first-order valence-electron chi connectivity index (χ1n) is 8.94. The van der Waals surface area contributed by atoms with Gasteiger partial charge in [-0.25, -0.2) is 8.42 Å². The van der Waals surface area contributed by atoms with Gasteiger partial charge in [-0.05, 0) is 44.4 Å². The van der Waals surface area contributed by atoms with Crippen molar-refractivity contribution in [1.82, 2.24) is 9.62 Å². The second-order valence-corrected chi connectivity index (χ2v) is 8.88. The van der Waals surface area contributed by atoms with Gasteiger partial charge in [0.05, 0.1) is 31.1 Å². The summed E-state index contributed by atoms with van der Waals surface area (Å²) < 4.78 is 27.4. The summed E-state index contributed by atoms with van der Waals surface area (Å²) in [5, 5.41) is 2.97. The first kappa shape index (κ1) is 19.9. The molecule has 2 N–H and O–H groups in total. The Morgan fingerprint density at radius 1 is 1.28 bits per heavy atom. The standard InChI is InChI=1S/C18H29N3O3S/c1-5-16(4)19-18(22)13-20-8-10-21(11-9-20)25(23,24)17-12-14(2)6-7-15(17)3/h6-7,12,16H,5,8-11,13H2,1-4H3,(H,19,22)/p+1/t16-/m0/s1. The number of nitrogens with one attached hydrogen (secondary N) is 2. The average molecular weight is 369 g/mol. The van der Waals surface area contributed by atoms with E-state index < -0.39 is 10.0 Å². The van der Waals surface area contributed by atoms with Crippen LogP contribution in [0.15, 0.2) is 23.1 Å². The molecule has 0 saturated carbocycles. The topological polar surface area (TPSA) is 70.9 Å². The number of nitrogens with zero attached hydrogens (tertiary/aromatic N) is 1. The Morgan fingerprint density at radius 3 is 2.52 bits per heavy atom. The summed E-state index contributed by atoms with van der Waals surface area (Å²) in [6.45, 7) is 10.3. The zero-order chi connectivity index (χ0) is 18.6. The highest BCUT2D eigenvalue weighted by Crippen LogP contribution is 2.21. The van der Waals surface area contributed by atoms with E-state index in [0.29, 0.717) is 37.6 Å². The fraction of sp³-hybridized carbons (Fsp3) is 0.611. The summed E-state index contributed by atoms with van der Waals surface area (Å²) in [6, 6.07) is 5.69. The molecular weight excluding hydrogens is 338 g/mol. The Morgan fingerprint density at radius 2 is 1.92 bits per heavy atom. The second-order valence-electron chi connectivity index (χ2n) is 6.98. The number of quaternary nitrogens is 1. The van der Waals surface area contributed by atoms with Crippen LogP contribution in [0.5, 0.6) is 0 Å². The van der Waals surface area contributed by atoms with Crippen LogP contribution in [-0.2, 0) is 14.8 Å². The molecule has 6 nitrogen and oxygen atoms in total. The molecule has 0 aromatic heterocycles. The Bertz CT molecular complexity index is 710. The Balaban J connectivity index is 1.97. The SMILES string of the molecule is CC[C@H](C)NC(=O)C[NH+]1CCN(S(=O)(=O)c2cc(C)ccc2C)CC1. The lowest BCUT2D eigenvalue weighted by Gasteiger charge is -2.31. The number of sulfonamides is 1. The van der Waals surface area contributed by atoms with Crippen LogP contribution < -0.4 is 10.2 Å². The van der Waals surface area contributed by atoms with Crippen LogP contribution >= 0.6 is 0 Å². The van der Waals surface area contributed by atoms with E-state index in [1.165, 1.54) is 0 Å². The van der Waals surface area contributed by atoms with Gasteiger partial charge in [0.25, 0.3) is 5.91 Å². The molecular formula is C18H30N3O3S+. The van der Waals surface area contributed by atoms with Crippen LogP contribution in [0, 0.1) is 13.8 Å². The molecule has 1 fully saturated rings. The van der Waals surface area contributed by atoms with Gasteiger partial charge in [0, 0.05) is 6.04 Å². The third-order valence-electron chi connectivity index (χ3n) is 4.82. The van der Waals surface area contributed by atoms with E-state index in [0.717, 1.165) is 22.4 Å². The zero-order valence-electron chi connectivity index (χ0n) is 15.6. The maximum atomic E-state index is 12.9. The van der Waals surface area contributed by atoms with E-state index in [-0.39, 0.29) is 11.9 Å².